The molecular weight excluding hydrogens is 244 g/mol. The first-order chi connectivity index (χ1) is 9.56. The molecule has 20 heavy (non-hydrogen) atoms. The summed E-state index contributed by atoms with van der Waals surface area (Å²) in [6.45, 7) is 6.20. The zero-order chi connectivity index (χ0) is 14.5. The Morgan fingerprint density at radius 3 is 2.25 bits per heavy atom. The highest BCUT2D eigenvalue weighted by Crippen LogP contribution is 2.17. The molecule has 0 fully saturated rings. The maximum Gasteiger partial charge on any atom is 0.0406 e. The van der Waals surface area contributed by atoms with E-state index in [1.807, 2.05) is 0 Å². The molecule has 2 nitrogen and oxygen atoms in total. The lowest BCUT2D eigenvalue weighted by atomic mass is 10.0. The Labute approximate surface area is 122 Å². The van der Waals surface area contributed by atoms with Gasteiger partial charge in [-0.15, -0.1) is 0 Å². The zero-order valence-corrected chi connectivity index (χ0v) is 12.9. The second-order valence-electron chi connectivity index (χ2n) is 5.66. The van der Waals surface area contributed by atoms with Gasteiger partial charge < -0.3 is 10.2 Å². The molecular formula is C18H24N2. The maximum absolute atomic E-state index is 3.54. The van der Waals surface area contributed by atoms with Gasteiger partial charge in [0.25, 0.3) is 0 Å². The highest BCUT2D eigenvalue weighted by Gasteiger charge is 2.02. The van der Waals surface area contributed by atoms with E-state index in [1.54, 1.807) is 0 Å². The summed E-state index contributed by atoms with van der Waals surface area (Å²) in [6, 6.07) is 15.1. The first-order valence-corrected chi connectivity index (χ1v) is 7.09. The molecule has 0 saturated carbocycles. The molecule has 0 aliphatic rings. The fourth-order valence-electron chi connectivity index (χ4n) is 2.46. The van der Waals surface area contributed by atoms with Crippen LogP contribution in [-0.2, 0) is 13.1 Å². The molecule has 0 heterocycles. The van der Waals surface area contributed by atoms with Crippen LogP contribution >= 0.6 is 0 Å². The van der Waals surface area contributed by atoms with Crippen LogP contribution in [0.25, 0.3) is 0 Å². The molecule has 2 rings (SSSR count). The molecule has 0 amide bonds. The van der Waals surface area contributed by atoms with Crippen LogP contribution < -0.4 is 5.32 Å². The van der Waals surface area contributed by atoms with E-state index in [0.717, 1.165) is 13.1 Å². The minimum absolute atomic E-state index is 0.879. The second kappa shape index (κ2) is 6.58. The highest BCUT2D eigenvalue weighted by atomic mass is 15.0. The van der Waals surface area contributed by atoms with Crippen molar-refractivity contribution >= 4 is 5.69 Å². The van der Waals surface area contributed by atoms with Crippen LogP contribution in [0.3, 0.4) is 0 Å². The van der Waals surface area contributed by atoms with Crippen molar-refractivity contribution in [1.29, 1.82) is 0 Å². The summed E-state index contributed by atoms with van der Waals surface area (Å²) in [7, 11) is 4.19. The van der Waals surface area contributed by atoms with Crippen LogP contribution in [0, 0.1) is 13.8 Å². The van der Waals surface area contributed by atoms with E-state index in [0.29, 0.717) is 0 Å². The van der Waals surface area contributed by atoms with Crippen molar-refractivity contribution in [2.75, 3.05) is 19.4 Å². The third-order valence-electron chi connectivity index (χ3n) is 3.54. The van der Waals surface area contributed by atoms with Gasteiger partial charge in [-0.05, 0) is 62.3 Å². The van der Waals surface area contributed by atoms with Crippen LogP contribution in [0.2, 0.25) is 0 Å². The molecule has 0 bridgehead atoms. The Kier molecular flexibility index (Phi) is 4.80. The Morgan fingerprint density at radius 2 is 1.60 bits per heavy atom. The van der Waals surface area contributed by atoms with Crippen molar-refractivity contribution in [3.8, 4) is 0 Å². The van der Waals surface area contributed by atoms with E-state index in [9.17, 15) is 0 Å². The molecule has 0 aliphatic carbocycles. The van der Waals surface area contributed by atoms with Gasteiger partial charge in [0.15, 0.2) is 0 Å². The largest absolute Gasteiger partial charge is 0.381 e. The third kappa shape index (κ3) is 3.84. The van der Waals surface area contributed by atoms with Gasteiger partial charge in [-0.3, -0.25) is 0 Å². The topological polar surface area (TPSA) is 15.3 Å². The molecule has 0 atom stereocenters. The number of hydrogen-bond donors (Lipinski definition) is 1. The van der Waals surface area contributed by atoms with Gasteiger partial charge in [-0.1, -0.05) is 30.3 Å². The van der Waals surface area contributed by atoms with E-state index in [2.05, 4.69) is 80.6 Å². The van der Waals surface area contributed by atoms with Crippen molar-refractivity contribution in [2.24, 2.45) is 0 Å². The average molecular weight is 268 g/mol. The van der Waals surface area contributed by atoms with Crippen molar-refractivity contribution in [3.63, 3.8) is 0 Å². The van der Waals surface area contributed by atoms with Crippen LogP contribution in [0.15, 0.2) is 42.5 Å². The quantitative estimate of drug-likeness (QED) is 0.882. The van der Waals surface area contributed by atoms with E-state index in [1.165, 1.54) is 27.9 Å². The summed E-state index contributed by atoms with van der Waals surface area (Å²) in [5.41, 5.74) is 6.61. The van der Waals surface area contributed by atoms with Gasteiger partial charge in [-0.2, -0.15) is 0 Å². The number of nitrogens with one attached hydrogen (secondary N) is 1. The summed E-state index contributed by atoms with van der Waals surface area (Å²) in [4.78, 5) is 2.19. The first-order valence-electron chi connectivity index (χ1n) is 7.09. The highest BCUT2D eigenvalue weighted by molar-refractivity contribution is 5.47. The van der Waals surface area contributed by atoms with Crippen molar-refractivity contribution in [3.05, 3.63) is 64.7 Å². The number of anilines is 1. The van der Waals surface area contributed by atoms with Crippen molar-refractivity contribution < 1.29 is 0 Å². The molecule has 0 aromatic heterocycles. The van der Waals surface area contributed by atoms with Crippen LogP contribution in [-0.4, -0.2) is 19.0 Å². The molecule has 2 heteroatoms. The lowest BCUT2D eigenvalue weighted by molar-refractivity contribution is 0.402. The minimum Gasteiger partial charge on any atom is -0.381 e. The van der Waals surface area contributed by atoms with Gasteiger partial charge in [0.05, 0.1) is 0 Å². The normalized spacial score (nSPS) is 10.8. The summed E-state index contributed by atoms with van der Waals surface area (Å²) < 4.78 is 0. The number of aryl methyl sites for hydroxylation is 2. The SMILES string of the molecule is Cc1cccc(C)c1CNc1cccc(CN(C)C)c1. The van der Waals surface area contributed by atoms with Gasteiger partial charge in [0, 0.05) is 18.8 Å². The average Bonchev–Trinajstić information content (AvgIpc) is 2.38. The number of rotatable bonds is 5. The number of nitrogens with zero attached hydrogens (tertiary/aromatic N) is 1. The monoisotopic (exact) mass is 268 g/mol. The predicted molar refractivity (Wildman–Crippen MR) is 87.1 cm³/mol. The second-order valence-corrected chi connectivity index (χ2v) is 5.66. The molecule has 1 N–H and O–H groups in total. The summed E-state index contributed by atoms with van der Waals surface area (Å²) in [5.74, 6) is 0. The molecule has 2 aromatic carbocycles. The van der Waals surface area contributed by atoms with E-state index >= 15 is 0 Å². The molecule has 0 aliphatic heterocycles. The molecule has 2 aromatic rings. The van der Waals surface area contributed by atoms with E-state index in [-0.39, 0.29) is 0 Å². The standard InChI is InChI=1S/C18H24N2/c1-14-7-5-8-15(2)18(14)12-19-17-10-6-9-16(11-17)13-20(3)4/h5-11,19H,12-13H2,1-4H3. The number of hydrogen-bond acceptors (Lipinski definition) is 2. The maximum atomic E-state index is 3.54. The Balaban J connectivity index is 2.07. The molecule has 106 valence electrons. The van der Waals surface area contributed by atoms with E-state index in [4.69, 9.17) is 0 Å². The summed E-state index contributed by atoms with van der Waals surface area (Å²) >= 11 is 0. The first kappa shape index (κ1) is 14.6. The zero-order valence-electron chi connectivity index (χ0n) is 12.9. The summed E-state index contributed by atoms with van der Waals surface area (Å²) in [5, 5.41) is 3.54. The fraction of sp³-hybridized carbons (Fsp3) is 0.333. The lowest BCUT2D eigenvalue weighted by Crippen LogP contribution is -2.11. The van der Waals surface area contributed by atoms with Crippen LogP contribution in [0.1, 0.15) is 22.3 Å². The summed E-state index contributed by atoms with van der Waals surface area (Å²) in [6.07, 6.45) is 0. The molecule has 0 unspecified atom stereocenters. The molecule has 0 radical (unpaired) electrons. The Bertz CT molecular complexity index is 553. The van der Waals surface area contributed by atoms with Crippen LogP contribution in [0.4, 0.5) is 5.69 Å². The molecule has 0 spiro atoms. The van der Waals surface area contributed by atoms with Gasteiger partial charge in [0.2, 0.25) is 0 Å². The van der Waals surface area contributed by atoms with Gasteiger partial charge in [0.1, 0.15) is 0 Å². The van der Waals surface area contributed by atoms with Gasteiger partial charge >= 0.3 is 0 Å². The predicted octanol–water partition coefficient (Wildman–Crippen LogP) is 3.98. The lowest BCUT2D eigenvalue weighted by Gasteiger charge is -2.14. The van der Waals surface area contributed by atoms with Crippen molar-refractivity contribution in [2.45, 2.75) is 26.9 Å². The molecule has 0 saturated heterocycles. The smallest absolute Gasteiger partial charge is 0.0406 e. The Morgan fingerprint density at radius 1 is 0.950 bits per heavy atom. The van der Waals surface area contributed by atoms with Crippen LogP contribution in [0.5, 0.6) is 0 Å². The number of benzene rings is 2. The fourth-order valence-corrected chi connectivity index (χ4v) is 2.46. The minimum atomic E-state index is 0.879. The van der Waals surface area contributed by atoms with Gasteiger partial charge in [-0.25, -0.2) is 0 Å². The van der Waals surface area contributed by atoms with E-state index < -0.39 is 0 Å². The van der Waals surface area contributed by atoms with Crippen molar-refractivity contribution in [1.82, 2.24) is 4.90 Å². The Hall–Kier alpha value is -1.80. The third-order valence-corrected chi connectivity index (χ3v) is 3.54.